The molecule has 2 N–H and O–H groups in total. The van der Waals surface area contributed by atoms with Crippen molar-refractivity contribution >= 4 is 18.2 Å². The molecule has 2 aliphatic rings. The number of rotatable bonds is 9. The minimum atomic E-state index is -1.29. The number of carbonyl (C=O) groups is 3. The Morgan fingerprint density at radius 3 is 2.59 bits per heavy atom. The number of piperidine rings is 1. The van der Waals surface area contributed by atoms with E-state index in [4.69, 9.17) is 9.47 Å². The van der Waals surface area contributed by atoms with Crippen LogP contribution in [0.15, 0.2) is 54.6 Å². The summed E-state index contributed by atoms with van der Waals surface area (Å²) < 4.78 is 11.2. The van der Waals surface area contributed by atoms with E-state index in [1.54, 1.807) is 0 Å². The number of amides is 2. The molecule has 2 aromatic carbocycles. The number of hydrogen-bond acceptors (Lipinski definition) is 5. The van der Waals surface area contributed by atoms with Gasteiger partial charge in [-0.3, -0.25) is 0 Å². The Labute approximate surface area is 217 Å². The van der Waals surface area contributed by atoms with Crippen LogP contribution in [-0.4, -0.2) is 54.0 Å². The van der Waals surface area contributed by atoms with Gasteiger partial charge in [-0.25, -0.2) is 14.4 Å². The normalized spacial score (nSPS) is 22.7. The fraction of sp³-hybridized carbons (Fsp3) is 0.483. The number of carboxylic acid groups (broad SMARTS) is 1. The zero-order valence-corrected chi connectivity index (χ0v) is 21.4. The standard InChI is InChI=1S/C29H36N2O6/c1-2-3-17-36-27(33)30-29(15-13-23-11-7-8-12-25(23)29)26(32)37-20-22-14-16-31(28(34)35)24(19-22)18-21-9-5-4-6-10-21/h4-12,22,24H,2-3,13-20H2,1H3,(H,30,33)(H,34,35). The molecule has 198 valence electrons. The molecule has 1 fully saturated rings. The third kappa shape index (κ3) is 6.24. The largest absolute Gasteiger partial charge is 0.465 e. The number of hydrogen-bond donors (Lipinski definition) is 2. The molecule has 1 heterocycles. The minimum Gasteiger partial charge on any atom is -0.465 e. The summed E-state index contributed by atoms with van der Waals surface area (Å²) in [4.78, 5) is 39.5. The molecule has 8 heteroatoms. The van der Waals surface area contributed by atoms with Gasteiger partial charge >= 0.3 is 18.2 Å². The molecule has 0 aromatic heterocycles. The molecular weight excluding hydrogens is 472 g/mol. The molecule has 2 amide bonds. The fourth-order valence-corrected chi connectivity index (χ4v) is 5.46. The summed E-state index contributed by atoms with van der Waals surface area (Å²) in [5.41, 5.74) is 1.54. The molecule has 8 nitrogen and oxygen atoms in total. The van der Waals surface area contributed by atoms with Crippen molar-refractivity contribution in [3.63, 3.8) is 0 Å². The van der Waals surface area contributed by atoms with Crippen LogP contribution in [0.3, 0.4) is 0 Å². The minimum absolute atomic E-state index is 0.0264. The number of unbranched alkanes of at least 4 members (excludes halogenated alkanes) is 1. The van der Waals surface area contributed by atoms with Gasteiger partial charge in [0.1, 0.15) is 0 Å². The number of alkyl carbamates (subject to hydrolysis) is 1. The Kier molecular flexibility index (Phi) is 8.69. The Balaban J connectivity index is 1.44. The van der Waals surface area contributed by atoms with E-state index >= 15 is 0 Å². The van der Waals surface area contributed by atoms with E-state index in [1.165, 1.54) is 4.90 Å². The summed E-state index contributed by atoms with van der Waals surface area (Å²) in [5, 5.41) is 12.5. The van der Waals surface area contributed by atoms with Crippen molar-refractivity contribution in [2.45, 2.75) is 63.5 Å². The van der Waals surface area contributed by atoms with Crippen LogP contribution in [0, 0.1) is 5.92 Å². The molecular formula is C29H36N2O6. The Morgan fingerprint density at radius 1 is 1.08 bits per heavy atom. The molecule has 0 saturated carbocycles. The van der Waals surface area contributed by atoms with Crippen LogP contribution in [0.2, 0.25) is 0 Å². The van der Waals surface area contributed by atoms with Gasteiger partial charge < -0.3 is 24.8 Å². The molecule has 0 radical (unpaired) electrons. The SMILES string of the molecule is CCCCOC(=O)NC1(C(=O)OCC2CCN(C(=O)O)C(Cc3ccccc3)C2)CCc2ccccc21. The summed E-state index contributed by atoms with van der Waals surface area (Å²) in [7, 11) is 0. The number of carbonyl (C=O) groups excluding carboxylic acids is 2. The highest BCUT2D eigenvalue weighted by molar-refractivity contribution is 5.88. The average Bonchev–Trinajstić information content (AvgIpc) is 3.27. The van der Waals surface area contributed by atoms with Crippen molar-refractivity contribution in [1.29, 1.82) is 0 Å². The molecule has 3 atom stereocenters. The van der Waals surface area contributed by atoms with Gasteiger partial charge in [0.2, 0.25) is 0 Å². The highest BCUT2D eigenvalue weighted by atomic mass is 16.6. The highest BCUT2D eigenvalue weighted by Gasteiger charge is 2.48. The van der Waals surface area contributed by atoms with Crippen LogP contribution in [0.25, 0.3) is 0 Å². The molecule has 3 unspecified atom stereocenters. The molecule has 1 saturated heterocycles. The first kappa shape index (κ1) is 26.5. The van der Waals surface area contributed by atoms with Gasteiger partial charge in [-0.1, -0.05) is 67.9 Å². The third-order valence-electron chi connectivity index (χ3n) is 7.48. The first-order valence-corrected chi connectivity index (χ1v) is 13.2. The first-order valence-electron chi connectivity index (χ1n) is 13.2. The number of nitrogens with zero attached hydrogens (tertiary/aromatic N) is 1. The Bertz CT molecular complexity index is 1090. The summed E-state index contributed by atoms with van der Waals surface area (Å²) >= 11 is 0. The van der Waals surface area contributed by atoms with Crippen LogP contribution in [0.4, 0.5) is 9.59 Å². The number of ether oxygens (including phenoxy) is 2. The van der Waals surface area contributed by atoms with E-state index < -0.39 is 23.7 Å². The van der Waals surface area contributed by atoms with Gasteiger partial charge in [0.25, 0.3) is 0 Å². The number of nitrogens with one attached hydrogen (secondary N) is 1. The van der Waals surface area contributed by atoms with Crippen molar-refractivity contribution in [3.8, 4) is 0 Å². The van der Waals surface area contributed by atoms with Crippen molar-refractivity contribution in [1.82, 2.24) is 10.2 Å². The van der Waals surface area contributed by atoms with Crippen LogP contribution in [0.5, 0.6) is 0 Å². The Hall–Kier alpha value is -3.55. The average molecular weight is 509 g/mol. The molecule has 4 rings (SSSR count). The second-order valence-corrected chi connectivity index (χ2v) is 9.99. The molecule has 37 heavy (non-hydrogen) atoms. The van der Waals surface area contributed by atoms with Gasteiger partial charge in [0.05, 0.1) is 13.2 Å². The van der Waals surface area contributed by atoms with Crippen molar-refractivity contribution < 1.29 is 29.0 Å². The van der Waals surface area contributed by atoms with Crippen LogP contribution < -0.4 is 5.32 Å². The van der Waals surface area contributed by atoms with Gasteiger partial charge in [0.15, 0.2) is 5.54 Å². The van der Waals surface area contributed by atoms with Gasteiger partial charge in [0, 0.05) is 12.6 Å². The van der Waals surface area contributed by atoms with Crippen LogP contribution >= 0.6 is 0 Å². The summed E-state index contributed by atoms with van der Waals surface area (Å²) in [6.07, 6.45) is 2.98. The van der Waals surface area contributed by atoms with Gasteiger partial charge in [-0.2, -0.15) is 0 Å². The second kappa shape index (κ2) is 12.1. The number of likely N-dealkylation sites (tertiary alicyclic amines) is 1. The molecule has 1 aliphatic heterocycles. The van der Waals surface area contributed by atoms with Crippen LogP contribution in [0.1, 0.15) is 55.7 Å². The maximum Gasteiger partial charge on any atom is 0.408 e. The molecule has 2 aromatic rings. The number of aryl methyl sites for hydroxylation is 1. The summed E-state index contributed by atoms with van der Waals surface area (Å²) in [6, 6.07) is 17.2. The maximum atomic E-state index is 13.6. The van der Waals surface area contributed by atoms with Gasteiger partial charge in [-0.15, -0.1) is 0 Å². The number of esters is 1. The summed E-state index contributed by atoms with van der Waals surface area (Å²) in [5.74, 6) is -0.469. The predicted molar refractivity (Wildman–Crippen MR) is 138 cm³/mol. The number of fused-ring (bicyclic) bond motifs is 1. The highest BCUT2D eigenvalue weighted by Crippen LogP contribution is 2.38. The summed E-state index contributed by atoms with van der Waals surface area (Å²) in [6.45, 7) is 2.87. The first-order chi connectivity index (χ1) is 17.9. The van der Waals surface area contributed by atoms with Crippen molar-refractivity contribution in [2.75, 3.05) is 19.8 Å². The zero-order valence-electron chi connectivity index (χ0n) is 21.4. The fourth-order valence-electron chi connectivity index (χ4n) is 5.46. The number of benzene rings is 2. The van der Waals surface area contributed by atoms with E-state index in [0.717, 1.165) is 29.5 Å². The maximum absolute atomic E-state index is 13.6. The quantitative estimate of drug-likeness (QED) is 0.369. The van der Waals surface area contributed by atoms with Crippen molar-refractivity contribution in [3.05, 3.63) is 71.3 Å². The lowest BCUT2D eigenvalue weighted by Crippen LogP contribution is -2.52. The Morgan fingerprint density at radius 2 is 1.84 bits per heavy atom. The van der Waals surface area contributed by atoms with E-state index in [0.29, 0.717) is 45.3 Å². The van der Waals surface area contributed by atoms with E-state index in [9.17, 15) is 19.5 Å². The monoisotopic (exact) mass is 508 g/mol. The van der Waals surface area contributed by atoms with E-state index in [-0.39, 0.29) is 18.6 Å². The van der Waals surface area contributed by atoms with E-state index in [2.05, 4.69) is 5.32 Å². The van der Waals surface area contributed by atoms with Gasteiger partial charge in [-0.05, 0) is 61.1 Å². The topological polar surface area (TPSA) is 105 Å². The van der Waals surface area contributed by atoms with E-state index in [1.807, 2.05) is 61.5 Å². The van der Waals surface area contributed by atoms with Crippen LogP contribution in [-0.2, 0) is 32.6 Å². The lowest BCUT2D eigenvalue weighted by Gasteiger charge is -2.38. The molecule has 0 spiro atoms. The second-order valence-electron chi connectivity index (χ2n) is 9.99. The third-order valence-corrected chi connectivity index (χ3v) is 7.48. The predicted octanol–water partition coefficient (Wildman–Crippen LogP) is 4.90. The lowest BCUT2D eigenvalue weighted by molar-refractivity contribution is -0.154. The molecule has 1 aliphatic carbocycles. The lowest BCUT2D eigenvalue weighted by atomic mass is 9.88. The zero-order chi connectivity index (χ0) is 26.3. The molecule has 0 bridgehead atoms. The smallest absolute Gasteiger partial charge is 0.408 e. The van der Waals surface area contributed by atoms with Crippen molar-refractivity contribution in [2.24, 2.45) is 5.92 Å².